The van der Waals surface area contributed by atoms with Crippen LogP contribution in [0, 0.1) is 11.6 Å². The molecular formula is C17H18F2N2O6S2. The lowest BCUT2D eigenvalue weighted by atomic mass is 10.2. The van der Waals surface area contributed by atoms with Crippen molar-refractivity contribution in [2.24, 2.45) is 0 Å². The third kappa shape index (κ3) is 5.64. The zero-order valence-electron chi connectivity index (χ0n) is 15.4. The van der Waals surface area contributed by atoms with Gasteiger partial charge in [-0.05, 0) is 30.7 Å². The summed E-state index contributed by atoms with van der Waals surface area (Å²) in [6.45, 7) is 1.60. The Kier molecular flexibility index (Phi) is 6.80. The molecule has 12 heteroatoms. The maximum atomic E-state index is 14.1. The molecule has 0 fully saturated rings. The minimum atomic E-state index is -4.38. The first kappa shape index (κ1) is 22.6. The van der Waals surface area contributed by atoms with Gasteiger partial charge in [0.05, 0.1) is 34.7 Å². The fraction of sp³-hybridized carbons (Fsp3) is 0.235. The van der Waals surface area contributed by atoms with E-state index >= 15 is 0 Å². The second-order valence-corrected chi connectivity index (χ2v) is 9.38. The van der Waals surface area contributed by atoms with E-state index in [1.54, 1.807) is 6.92 Å². The van der Waals surface area contributed by atoms with E-state index in [2.05, 4.69) is 4.74 Å². The molecular weight excluding hydrogens is 430 g/mol. The Morgan fingerprint density at radius 3 is 2.21 bits per heavy atom. The Labute approximate surface area is 167 Å². The van der Waals surface area contributed by atoms with Crippen molar-refractivity contribution in [3.05, 3.63) is 53.6 Å². The molecule has 0 radical (unpaired) electrons. The number of esters is 1. The number of benzene rings is 2. The van der Waals surface area contributed by atoms with Gasteiger partial charge in [-0.15, -0.1) is 0 Å². The van der Waals surface area contributed by atoms with Crippen LogP contribution in [-0.2, 0) is 24.8 Å². The highest BCUT2D eigenvalue weighted by Crippen LogP contribution is 2.27. The first-order valence-electron chi connectivity index (χ1n) is 8.20. The van der Waals surface area contributed by atoms with Crippen LogP contribution in [0.5, 0.6) is 0 Å². The van der Waals surface area contributed by atoms with Crippen molar-refractivity contribution >= 4 is 37.4 Å². The summed E-state index contributed by atoms with van der Waals surface area (Å²) in [5.41, 5.74) is -1.34. The molecule has 0 unspecified atom stereocenters. The van der Waals surface area contributed by atoms with Gasteiger partial charge in [0.25, 0.3) is 10.0 Å². The van der Waals surface area contributed by atoms with E-state index in [-0.39, 0.29) is 22.6 Å². The molecule has 2 N–H and O–H groups in total. The smallest absolute Gasteiger partial charge is 0.337 e. The van der Waals surface area contributed by atoms with Crippen LogP contribution in [0.3, 0.4) is 0 Å². The topological polar surface area (TPSA) is 119 Å². The summed E-state index contributed by atoms with van der Waals surface area (Å²) in [5.74, 6) is -3.54. The zero-order valence-corrected chi connectivity index (χ0v) is 17.0. The van der Waals surface area contributed by atoms with Crippen molar-refractivity contribution in [3.8, 4) is 0 Å². The van der Waals surface area contributed by atoms with Gasteiger partial charge in [0.2, 0.25) is 10.0 Å². The Balaban J connectivity index is 2.40. The molecule has 0 saturated heterocycles. The van der Waals surface area contributed by atoms with Crippen molar-refractivity contribution in [2.75, 3.05) is 22.3 Å². The van der Waals surface area contributed by atoms with E-state index in [9.17, 15) is 30.4 Å². The highest BCUT2D eigenvalue weighted by molar-refractivity contribution is 7.93. The first-order chi connectivity index (χ1) is 13.5. The van der Waals surface area contributed by atoms with Crippen LogP contribution in [0.2, 0.25) is 0 Å². The number of hydrogen-bond donors (Lipinski definition) is 2. The summed E-state index contributed by atoms with van der Waals surface area (Å²) < 4.78 is 85.2. The predicted octanol–water partition coefficient (Wildman–Crippen LogP) is 2.70. The third-order valence-electron chi connectivity index (χ3n) is 3.60. The highest BCUT2D eigenvalue weighted by atomic mass is 32.2. The van der Waals surface area contributed by atoms with E-state index in [1.807, 2.05) is 9.44 Å². The minimum absolute atomic E-state index is 0.0528. The van der Waals surface area contributed by atoms with Gasteiger partial charge in [0, 0.05) is 6.07 Å². The van der Waals surface area contributed by atoms with E-state index in [4.69, 9.17) is 0 Å². The van der Waals surface area contributed by atoms with Gasteiger partial charge in [0.1, 0.15) is 11.6 Å². The lowest BCUT2D eigenvalue weighted by Gasteiger charge is -2.13. The molecule has 0 bridgehead atoms. The summed E-state index contributed by atoms with van der Waals surface area (Å²) in [7, 11) is -7.15. The second-order valence-electron chi connectivity index (χ2n) is 5.86. The highest BCUT2D eigenvalue weighted by Gasteiger charge is 2.21. The number of ether oxygens (including phenoxy) is 1. The van der Waals surface area contributed by atoms with Crippen LogP contribution < -0.4 is 9.44 Å². The number of sulfonamides is 2. The summed E-state index contributed by atoms with van der Waals surface area (Å²) in [4.78, 5) is 11.2. The number of rotatable bonds is 8. The lowest BCUT2D eigenvalue weighted by Crippen LogP contribution is -2.18. The van der Waals surface area contributed by atoms with Crippen LogP contribution in [0.25, 0.3) is 0 Å². The second kappa shape index (κ2) is 8.74. The Bertz CT molecular complexity index is 1130. The van der Waals surface area contributed by atoms with E-state index in [0.717, 1.165) is 19.2 Å². The number of carbonyl (C=O) groups excluding carboxylic acids is 1. The predicted molar refractivity (Wildman–Crippen MR) is 103 cm³/mol. The number of halogens is 2. The molecule has 0 saturated carbocycles. The van der Waals surface area contributed by atoms with Gasteiger partial charge < -0.3 is 4.74 Å². The van der Waals surface area contributed by atoms with Crippen molar-refractivity contribution in [1.29, 1.82) is 0 Å². The van der Waals surface area contributed by atoms with E-state index in [1.165, 1.54) is 12.1 Å². The SMILES string of the molecule is CCCS(=O)(=O)Nc1cc(NS(=O)(=O)c2cccc(C(=O)OC)c2)c(F)cc1F. The van der Waals surface area contributed by atoms with Crippen molar-refractivity contribution in [2.45, 2.75) is 18.2 Å². The van der Waals surface area contributed by atoms with Crippen LogP contribution in [0.1, 0.15) is 23.7 Å². The molecule has 2 aromatic rings. The first-order valence-corrected chi connectivity index (χ1v) is 11.3. The number of anilines is 2. The van der Waals surface area contributed by atoms with Crippen molar-refractivity contribution < 1.29 is 35.1 Å². The molecule has 158 valence electrons. The van der Waals surface area contributed by atoms with Gasteiger partial charge >= 0.3 is 5.97 Å². The maximum absolute atomic E-state index is 14.1. The summed E-state index contributed by atoms with van der Waals surface area (Å²) >= 11 is 0. The largest absolute Gasteiger partial charge is 0.465 e. The van der Waals surface area contributed by atoms with Gasteiger partial charge in [-0.2, -0.15) is 0 Å². The van der Waals surface area contributed by atoms with Crippen molar-refractivity contribution in [3.63, 3.8) is 0 Å². The monoisotopic (exact) mass is 448 g/mol. The molecule has 0 aromatic heterocycles. The molecule has 8 nitrogen and oxygen atoms in total. The Morgan fingerprint density at radius 1 is 1.00 bits per heavy atom. The van der Waals surface area contributed by atoms with Crippen LogP contribution >= 0.6 is 0 Å². The normalized spacial score (nSPS) is 11.7. The van der Waals surface area contributed by atoms with Gasteiger partial charge in [0.15, 0.2) is 0 Å². The fourth-order valence-corrected chi connectivity index (χ4v) is 4.54. The number of nitrogens with one attached hydrogen (secondary N) is 2. The van der Waals surface area contributed by atoms with Crippen LogP contribution in [0.4, 0.5) is 20.2 Å². The maximum Gasteiger partial charge on any atom is 0.337 e. The van der Waals surface area contributed by atoms with Crippen LogP contribution in [-0.4, -0.2) is 35.7 Å². The molecule has 2 rings (SSSR count). The van der Waals surface area contributed by atoms with Gasteiger partial charge in [-0.1, -0.05) is 13.0 Å². The minimum Gasteiger partial charge on any atom is -0.465 e. The van der Waals surface area contributed by atoms with E-state index < -0.39 is 49.0 Å². The molecule has 0 amide bonds. The molecule has 2 aromatic carbocycles. The molecule has 0 spiro atoms. The summed E-state index contributed by atoms with van der Waals surface area (Å²) in [6.07, 6.45) is 0.258. The van der Waals surface area contributed by atoms with Crippen molar-refractivity contribution in [1.82, 2.24) is 0 Å². The standard InChI is InChI=1S/C17H18F2N2O6S2/c1-3-7-28(23,24)20-15-10-16(14(19)9-13(15)18)21-29(25,26)12-6-4-5-11(8-12)17(22)27-2/h4-6,8-10,20-21H,3,7H2,1-2H3. The Morgan fingerprint density at radius 2 is 1.62 bits per heavy atom. The molecule has 0 aliphatic heterocycles. The number of hydrogen-bond acceptors (Lipinski definition) is 6. The third-order valence-corrected chi connectivity index (χ3v) is 6.44. The van der Waals surface area contributed by atoms with Gasteiger partial charge in [-0.25, -0.2) is 30.4 Å². The van der Waals surface area contributed by atoms with Crippen LogP contribution in [0.15, 0.2) is 41.3 Å². The average molecular weight is 448 g/mol. The Hall–Kier alpha value is -2.73. The lowest BCUT2D eigenvalue weighted by molar-refractivity contribution is 0.0600. The molecule has 29 heavy (non-hydrogen) atoms. The zero-order chi connectivity index (χ0) is 21.8. The number of methoxy groups -OCH3 is 1. The molecule has 0 atom stereocenters. The average Bonchev–Trinajstić information content (AvgIpc) is 2.64. The van der Waals surface area contributed by atoms with E-state index in [0.29, 0.717) is 12.1 Å². The summed E-state index contributed by atoms with van der Waals surface area (Å²) in [5, 5.41) is 0. The quantitative estimate of drug-likeness (QED) is 0.600. The number of carbonyl (C=O) groups is 1. The molecule has 0 aliphatic carbocycles. The van der Waals surface area contributed by atoms with Gasteiger partial charge in [-0.3, -0.25) is 9.44 Å². The summed E-state index contributed by atoms with van der Waals surface area (Å²) in [6, 6.07) is 5.82. The fourth-order valence-electron chi connectivity index (χ4n) is 2.30. The molecule has 0 heterocycles. The molecule has 0 aliphatic rings.